The van der Waals surface area contributed by atoms with Gasteiger partial charge in [-0.25, -0.2) is 8.42 Å². The van der Waals surface area contributed by atoms with Crippen LogP contribution in [0.3, 0.4) is 0 Å². The predicted octanol–water partition coefficient (Wildman–Crippen LogP) is 1.45. The lowest BCUT2D eigenvalue weighted by Crippen LogP contribution is -2.25. The molecule has 1 unspecified atom stereocenters. The highest BCUT2D eigenvalue weighted by atomic mass is 32.2. The Bertz CT molecular complexity index is 1090. The SMILES string of the molecule is CC1CN(c2ccc(CNC(=O)c3ccc4nncn4c3)cc2)S(=O)(=O)C1. The topological polar surface area (TPSA) is 96.7 Å². The number of benzene rings is 1. The van der Waals surface area contributed by atoms with Crippen LogP contribution in [0, 0.1) is 5.92 Å². The fourth-order valence-corrected chi connectivity index (χ4v) is 5.12. The molecular formula is C18H19N5O3S. The number of fused-ring (bicyclic) bond motifs is 1. The summed E-state index contributed by atoms with van der Waals surface area (Å²) in [6, 6.07) is 10.6. The number of sulfonamides is 1. The highest BCUT2D eigenvalue weighted by molar-refractivity contribution is 7.93. The Morgan fingerprint density at radius 3 is 2.70 bits per heavy atom. The first kappa shape index (κ1) is 17.5. The lowest BCUT2D eigenvalue weighted by atomic mass is 10.1. The summed E-state index contributed by atoms with van der Waals surface area (Å²) in [6.45, 7) is 2.78. The molecule has 0 aliphatic carbocycles. The molecule has 1 aliphatic rings. The lowest BCUT2D eigenvalue weighted by molar-refractivity contribution is 0.0950. The van der Waals surface area contributed by atoms with Crippen molar-refractivity contribution in [3.63, 3.8) is 0 Å². The first-order valence-corrected chi connectivity index (χ1v) is 10.2. The molecule has 1 fully saturated rings. The minimum absolute atomic E-state index is 0.122. The molecule has 8 nitrogen and oxygen atoms in total. The van der Waals surface area contributed by atoms with E-state index >= 15 is 0 Å². The van der Waals surface area contributed by atoms with Crippen molar-refractivity contribution in [2.75, 3.05) is 16.6 Å². The van der Waals surface area contributed by atoms with Crippen LogP contribution in [0.2, 0.25) is 0 Å². The Morgan fingerprint density at radius 2 is 2.00 bits per heavy atom. The average Bonchev–Trinajstić information content (AvgIpc) is 3.22. The maximum atomic E-state index is 12.3. The van der Waals surface area contributed by atoms with Gasteiger partial charge in [0.25, 0.3) is 5.91 Å². The Labute approximate surface area is 156 Å². The van der Waals surface area contributed by atoms with E-state index in [9.17, 15) is 13.2 Å². The van der Waals surface area contributed by atoms with Crippen LogP contribution < -0.4 is 9.62 Å². The van der Waals surface area contributed by atoms with Gasteiger partial charge in [-0.05, 0) is 35.7 Å². The van der Waals surface area contributed by atoms with Gasteiger partial charge in [-0.1, -0.05) is 19.1 Å². The van der Waals surface area contributed by atoms with E-state index in [2.05, 4.69) is 15.5 Å². The molecule has 1 aromatic carbocycles. The van der Waals surface area contributed by atoms with E-state index in [0.717, 1.165) is 5.56 Å². The molecule has 0 bridgehead atoms. The van der Waals surface area contributed by atoms with Crippen LogP contribution >= 0.6 is 0 Å². The van der Waals surface area contributed by atoms with Crippen molar-refractivity contribution in [1.29, 1.82) is 0 Å². The highest BCUT2D eigenvalue weighted by Crippen LogP contribution is 2.26. The predicted molar refractivity (Wildman–Crippen MR) is 101 cm³/mol. The van der Waals surface area contributed by atoms with Gasteiger partial charge in [-0.2, -0.15) is 0 Å². The molecule has 9 heteroatoms. The molecule has 0 spiro atoms. The Hall–Kier alpha value is -2.94. The number of carbonyl (C=O) groups excluding carboxylic acids is 1. The van der Waals surface area contributed by atoms with E-state index in [4.69, 9.17) is 0 Å². The second-order valence-electron chi connectivity index (χ2n) is 6.78. The van der Waals surface area contributed by atoms with Gasteiger partial charge in [0.15, 0.2) is 5.65 Å². The lowest BCUT2D eigenvalue weighted by Gasteiger charge is -2.17. The third kappa shape index (κ3) is 3.50. The number of rotatable bonds is 4. The van der Waals surface area contributed by atoms with E-state index < -0.39 is 10.0 Å². The fourth-order valence-electron chi connectivity index (χ4n) is 3.19. The van der Waals surface area contributed by atoms with Gasteiger partial charge < -0.3 is 5.32 Å². The van der Waals surface area contributed by atoms with Gasteiger partial charge in [0.05, 0.1) is 17.0 Å². The van der Waals surface area contributed by atoms with Gasteiger partial charge in [0, 0.05) is 19.3 Å². The van der Waals surface area contributed by atoms with Crippen molar-refractivity contribution in [2.45, 2.75) is 13.5 Å². The number of anilines is 1. The average molecular weight is 385 g/mol. The van der Waals surface area contributed by atoms with E-state index in [-0.39, 0.29) is 17.6 Å². The molecular weight excluding hydrogens is 366 g/mol. The number of pyridine rings is 1. The number of nitrogens with one attached hydrogen (secondary N) is 1. The van der Waals surface area contributed by atoms with Crippen molar-refractivity contribution in [3.05, 3.63) is 60.0 Å². The highest BCUT2D eigenvalue weighted by Gasteiger charge is 2.33. The smallest absolute Gasteiger partial charge is 0.253 e. The number of amides is 1. The molecule has 2 aromatic heterocycles. The van der Waals surface area contributed by atoms with Gasteiger partial charge in [0.2, 0.25) is 10.0 Å². The molecule has 1 N–H and O–H groups in total. The molecule has 0 saturated carbocycles. The molecule has 1 atom stereocenters. The molecule has 0 radical (unpaired) electrons. The third-order valence-corrected chi connectivity index (χ3v) is 6.56. The van der Waals surface area contributed by atoms with Crippen LogP contribution in [0.1, 0.15) is 22.8 Å². The molecule has 140 valence electrons. The number of aromatic nitrogens is 3. The minimum Gasteiger partial charge on any atom is -0.348 e. The number of hydrogen-bond donors (Lipinski definition) is 1. The van der Waals surface area contributed by atoms with Crippen molar-refractivity contribution in [2.24, 2.45) is 5.92 Å². The fraction of sp³-hybridized carbons (Fsp3) is 0.278. The summed E-state index contributed by atoms with van der Waals surface area (Å²) in [5.41, 5.74) is 2.74. The van der Waals surface area contributed by atoms with Crippen molar-refractivity contribution < 1.29 is 13.2 Å². The van der Waals surface area contributed by atoms with Gasteiger partial charge >= 0.3 is 0 Å². The summed E-state index contributed by atoms with van der Waals surface area (Å²) in [7, 11) is -3.23. The van der Waals surface area contributed by atoms with Crippen LogP contribution in [0.4, 0.5) is 5.69 Å². The second kappa shape index (κ2) is 6.66. The van der Waals surface area contributed by atoms with Gasteiger partial charge in [-0.15, -0.1) is 10.2 Å². The first-order chi connectivity index (χ1) is 12.9. The molecule has 1 saturated heterocycles. The number of carbonyl (C=O) groups is 1. The van der Waals surface area contributed by atoms with Crippen LogP contribution in [0.5, 0.6) is 0 Å². The van der Waals surface area contributed by atoms with E-state index in [1.807, 2.05) is 19.1 Å². The monoisotopic (exact) mass is 385 g/mol. The van der Waals surface area contributed by atoms with Crippen LogP contribution in [-0.2, 0) is 16.6 Å². The summed E-state index contributed by atoms with van der Waals surface area (Å²) in [5, 5.41) is 10.5. The zero-order chi connectivity index (χ0) is 19.0. The van der Waals surface area contributed by atoms with Crippen LogP contribution in [0.25, 0.3) is 5.65 Å². The van der Waals surface area contributed by atoms with Gasteiger partial charge in [0.1, 0.15) is 6.33 Å². The maximum Gasteiger partial charge on any atom is 0.253 e. The van der Waals surface area contributed by atoms with Crippen molar-refractivity contribution in [1.82, 2.24) is 19.9 Å². The van der Waals surface area contributed by atoms with E-state index in [1.165, 1.54) is 10.6 Å². The molecule has 1 aliphatic heterocycles. The summed E-state index contributed by atoms with van der Waals surface area (Å²) >= 11 is 0. The Balaban J connectivity index is 1.42. The quantitative estimate of drug-likeness (QED) is 0.733. The minimum atomic E-state index is -3.23. The number of hydrogen-bond acceptors (Lipinski definition) is 5. The van der Waals surface area contributed by atoms with E-state index in [1.54, 1.807) is 34.9 Å². The third-order valence-electron chi connectivity index (χ3n) is 4.54. The van der Waals surface area contributed by atoms with Crippen molar-refractivity contribution >= 4 is 27.3 Å². The summed E-state index contributed by atoms with van der Waals surface area (Å²) < 4.78 is 27.5. The second-order valence-corrected chi connectivity index (χ2v) is 8.72. The van der Waals surface area contributed by atoms with Gasteiger partial charge in [-0.3, -0.25) is 13.5 Å². The van der Waals surface area contributed by atoms with Crippen LogP contribution in [0.15, 0.2) is 48.9 Å². The molecule has 3 aromatic rings. The standard InChI is InChI=1S/C18H19N5O3S/c1-13-9-23(27(25,26)11-13)16-5-2-14(3-6-16)8-19-18(24)15-4-7-17-21-20-12-22(17)10-15/h2-7,10,12-13H,8-9,11H2,1H3,(H,19,24). The summed E-state index contributed by atoms with van der Waals surface area (Å²) in [5.74, 6) is 0.101. The normalized spacial score (nSPS) is 18.7. The molecule has 3 heterocycles. The van der Waals surface area contributed by atoms with Crippen molar-refractivity contribution in [3.8, 4) is 0 Å². The zero-order valence-corrected chi connectivity index (χ0v) is 15.6. The Kier molecular flexibility index (Phi) is 4.31. The van der Waals surface area contributed by atoms with E-state index in [0.29, 0.717) is 30.0 Å². The Morgan fingerprint density at radius 1 is 1.22 bits per heavy atom. The first-order valence-electron chi connectivity index (χ1n) is 8.59. The largest absolute Gasteiger partial charge is 0.348 e. The summed E-state index contributed by atoms with van der Waals surface area (Å²) in [6.07, 6.45) is 3.21. The number of nitrogens with zero attached hydrogens (tertiary/aromatic N) is 4. The molecule has 27 heavy (non-hydrogen) atoms. The summed E-state index contributed by atoms with van der Waals surface area (Å²) in [4.78, 5) is 12.3. The maximum absolute atomic E-state index is 12.3. The zero-order valence-electron chi connectivity index (χ0n) is 14.7. The van der Waals surface area contributed by atoms with Crippen LogP contribution in [-0.4, -0.2) is 41.2 Å². The molecule has 1 amide bonds. The molecule has 4 rings (SSSR count).